The Bertz CT molecular complexity index is 576. The molecule has 0 aromatic heterocycles. The number of hydrogen-bond donors (Lipinski definition) is 1. The van der Waals surface area contributed by atoms with E-state index >= 15 is 0 Å². The first-order chi connectivity index (χ1) is 11.0. The summed E-state index contributed by atoms with van der Waals surface area (Å²) in [6.45, 7) is -1.68. The Balaban J connectivity index is 2.41. The largest absolute Gasteiger partial charge is 0.497 e. The van der Waals surface area contributed by atoms with Gasteiger partial charge in [0.25, 0.3) is 0 Å². The van der Waals surface area contributed by atoms with Gasteiger partial charge in [0.05, 0.1) is 16.8 Å². The van der Waals surface area contributed by atoms with Crippen LogP contribution in [0.4, 0.5) is 0 Å². The third-order valence-corrected chi connectivity index (χ3v) is 3.74. The van der Waals surface area contributed by atoms with Gasteiger partial charge < -0.3 is 14.7 Å². The molecule has 0 saturated heterocycles. The van der Waals surface area contributed by atoms with Crippen molar-refractivity contribution in [3.05, 3.63) is 29.8 Å². The van der Waals surface area contributed by atoms with E-state index in [1.807, 2.05) is 0 Å². The molecule has 0 bridgehead atoms. The lowest BCUT2D eigenvalue weighted by molar-refractivity contribution is -0.0619. The molecule has 0 amide bonds. The molecule has 1 aliphatic carbocycles. The van der Waals surface area contributed by atoms with E-state index in [2.05, 4.69) is 0 Å². The van der Waals surface area contributed by atoms with E-state index in [0.29, 0.717) is 18.4 Å². The van der Waals surface area contributed by atoms with E-state index < -0.39 is 25.1 Å². The average molecular weight is 268 g/mol. The highest BCUT2D eigenvalue weighted by Crippen LogP contribution is 2.42. The first-order valence-corrected chi connectivity index (χ1v) is 6.66. The van der Waals surface area contributed by atoms with Gasteiger partial charge in [0.2, 0.25) is 0 Å². The van der Waals surface area contributed by atoms with Crippen LogP contribution in [0, 0.1) is 5.92 Å². The van der Waals surface area contributed by atoms with Crippen LogP contribution in [0.1, 0.15) is 38.1 Å². The summed E-state index contributed by atoms with van der Waals surface area (Å²) in [5.74, 6) is -0.465. The molecule has 3 heteroatoms. The van der Waals surface area contributed by atoms with Crippen molar-refractivity contribution in [1.29, 1.82) is 0 Å². The fourth-order valence-electron chi connectivity index (χ4n) is 2.81. The summed E-state index contributed by atoms with van der Waals surface area (Å²) < 4.78 is 43.3. The number of aliphatic hydroxyl groups is 1. The van der Waals surface area contributed by atoms with Gasteiger partial charge >= 0.3 is 0 Å². The van der Waals surface area contributed by atoms with Crippen molar-refractivity contribution in [2.24, 2.45) is 5.92 Å². The van der Waals surface area contributed by atoms with Crippen LogP contribution in [0.15, 0.2) is 24.3 Å². The number of rotatable bonds is 4. The van der Waals surface area contributed by atoms with Crippen LogP contribution in [-0.4, -0.2) is 37.6 Å². The third kappa shape index (κ3) is 3.10. The summed E-state index contributed by atoms with van der Waals surface area (Å²) in [7, 11) is 0.748. The Morgan fingerprint density at radius 2 is 2.37 bits per heavy atom. The lowest BCUT2D eigenvalue weighted by atomic mass is 9.71. The molecule has 1 fully saturated rings. The number of hydrogen-bond acceptors (Lipinski definition) is 3. The van der Waals surface area contributed by atoms with Crippen LogP contribution in [0.2, 0.25) is 0 Å². The van der Waals surface area contributed by atoms with Gasteiger partial charge in [-0.05, 0) is 44.6 Å². The van der Waals surface area contributed by atoms with Gasteiger partial charge in [-0.25, -0.2) is 0 Å². The molecule has 2 rings (SSSR count). The lowest BCUT2D eigenvalue weighted by Gasteiger charge is -2.41. The Labute approximate surface area is 123 Å². The van der Waals surface area contributed by atoms with Gasteiger partial charge in [-0.15, -0.1) is 0 Å². The monoisotopic (exact) mass is 268 g/mol. The van der Waals surface area contributed by atoms with Crippen LogP contribution in [0.25, 0.3) is 0 Å². The summed E-state index contributed by atoms with van der Waals surface area (Å²) in [5.41, 5.74) is -0.861. The Morgan fingerprint density at radius 3 is 3.11 bits per heavy atom. The van der Waals surface area contributed by atoms with Crippen LogP contribution in [-0.2, 0) is 5.60 Å². The molecular formula is C16H25NO2. The summed E-state index contributed by atoms with van der Waals surface area (Å²) in [6, 6.07) is 6.37. The van der Waals surface area contributed by atoms with E-state index in [1.165, 1.54) is 17.0 Å². The Kier molecular flexibility index (Phi) is 2.80. The van der Waals surface area contributed by atoms with E-state index in [0.717, 1.165) is 12.8 Å². The predicted octanol–water partition coefficient (Wildman–Crippen LogP) is 2.63. The Hall–Kier alpha value is -1.06. The molecular weight excluding hydrogens is 238 g/mol. The quantitative estimate of drug-likeness (QED) is 0.911. The highest BCUT2D eigenvalue weighted by molar-refractivity contribution is 5.33. The maximum absolute atomic E-state index is 11.3. The topological polar surface area (TPSA) is 32.7 Å². The van der Waals surface area contributed by atoms with E-state index in [-0.39, 0.29) is 5.75 Å². The first-order valence-electron chi connectivity index (χ1n) is 9.16. The molecule has 0 spiro atoms. The molecule has 0 unspecified atom stereocenters. The molecule has 0 aliphatic heterocycles. The van der Waals surface area contributed by atoms with Crippen molar-refractivity contribution in [2.45, 2.75) is 31.3 Å². The zero-order valence-corrected chi connectivity index (χ0v) is 11.5. The van der Waals surface area contributed by atoms with Crippen LogP contribution < -0.4 is 4.74 Å². The molecule has 1 aromatic rings. The molecule has 1 aromatic carbocycles. The number of nitrogens with zero attached hydrogens (tertiary/aromatic N) is 1. The highest BCUT2D eigenvalue weighted by atomic mass is 16.5. The van der Waals surface area contributed by atoms with Crippen LogP contribution in [0.5, 0.6) is 5.75 Å². The second kappa shape index (κ2) is 5.93. The zero-order chi connectivity index (χ0) is 18.2. The molecule has 1 saturated carbocycles. The van der Waals surface area contributed by atoms with Gasteiger partial charge in [-0.1, -0.05) is 25.0 Å². The van der Waals surface area contributed by atoms with Gasteiger partial charge in [-0.3, -0.25) is 0 Å². The standard InChI is InChI=1S/C16H25NO2/c1-17(2)12-14-7-4-5-10-16(14,18)13-8-6-9-15(11-13)19-3/h6,8-9,11,14,18H,4-5,7,10,12H2,1-3H3/t14-,16+/m1/s1/i3D3,12D2. The van der Waals surface area contributed by atoms with Gasteiger partial charge in [-0.2, -0.15) is 0 Å². The molecule has 2 atom stereocenters. The van der Waals surface area contributed by atoms with E-state index in [4.69, 9.17) is 11.6 Å². The van der Waals surface area contributed by atoms with Gasteiger partial charge in [0.1, 0.15) is 5.75 Å². The minimum absolute atomic E-state index is 0.149. The normalized spacial score (nSPS) is 32.8. The van der Waals surface area contributed by atoms with Gasteiger partial charge in [0, 0.05) is 15.2 Å². The number of benzene rings is 1. The minimum Gasteiger partial charge on any atom is -0.497 e. The molecule has 106 valence electrons. The molecule has 19 heavy (non-hydrogen) atoms. The summed E-state index contributed by atoms with van der Waals surface area (Å²) in [6.07, 6.45) is 2.64. The van der Waals surface area contributed by atoms with Crippen molar-refractivity contribution >= 4 is 0 Å². The molecule has 0 heterocycles. The number of ether oxygens (including phenoxy) is 1. The molecule has 3 nitrogen and oxygen atoms in total. The van der Waals surface area contributed by atoms with Crippen LogP contribution in [0.3, 0.4) is 0 Å². The minimum atomic E-state index is -2.56. The second-order valence-electron chi connectivity index (χ2n) is 5.38. The third-order valence-electron chi connectivity index (χ3n) is 3.74. The molecule has 1 aliphatic rings. The SMILES string of the molecule is [2H]C([2H])([2H])Oc1cccc([C@@]2(O)CCCC[C@@H]2C([2H])([2H])N(C)C)c1. The van der Waals surface area contributed by atoms with Gasteiger partial charge in [0.15, 0.2) is 0 Å². The maximum atomic E-state index is 11.3. The molecule has 1 N–H and O–H groups in total. The maximum Gasteiger partial charge on any atom is 0.119 e. The molecule has 0 radical (unpaired) electrons. The summed E-state index contributed by atoms with van der Waals surface area (Å²) >= 11 is 0. The first kappa shape index (κ1) is 8.98. The summed E-state index contributed by atoms with van der Waals surface area (Å²) in [4.78, 5) is 1.48. The smallest absolute Gasteiger partial charge is 0.119 e. The summed E-state index contributed by atoms with van der Waals surface area (Å²) in [5, 5.41) is 11.3. The van der Waals surface area contributed by atoms with E-state index in [9.17, 15) is 5.11 Å². The zero-order valence-electron chi connectivity index (χ0n) is 16.5. The van der Waals surface area contributed by atoms with Crippen molar-refractivity contribution < 1.29 is 16.7 Å². The highest BCUT2D eigenvalue weighted by Gasteiger charge is 2.40. The average Bonchev–Trinajstić information content (AvgIpc) is 2.45. The van der Waals surface area contributed by atoms with Crippen molar-refractivity contribution in [3.8, 4) is 5.75 Å². The fourth-order valence-corrected chi connectivity index (χ4v) is 2.81. The predicted molar refractivity (Wildman–Crippen MR) is 77.4 cm³/mol. The van der Waals surface area contributed by atoms with Crippen molar-refractivity contribution in [2.75, 3.05) is 27.6 Å². The van der Waals surface area contributed by atoms with Crippen molar-refractivity contribution in [1.82, 2.24) is 4.90 Å². The second-order valence-corrected chi connectivity index (χ2v) is 5.38. The Morgan fingerprint density at radius 1 is 1.53 bits per heavy atom. The van der Waals surface area contributed by atoms with Crippen molar-refractivity contribution in [3.63, 3.8) is 0 Å². The number of methoxy groups -OCH3 is 1. The fraction of sp³-hybridized carbons (Fsp3) is 0.625. The van der Waals surface area contributed by atoms with E-state index in [1.54, 1.807) is 26.2 Å². The van der Waals surface area contributed by atoms with Crippen LogP contribution >= 0.6 is 0 Å². The lowest BCUT2D eigenvalue weighted by Crippen LogP contribution is -2.43.